The first-order valence-electron chi connectivity index (χ1n) is 5.70. The molecule has 0 saturated carbocycles. The van der Waals surface area contributed by atoms with Gasteiger partial charge in [0.15, 0.2) is 0 Å². The van der Waals surface area contributed by atoms with Gasteiger partial charge in [-0.15, -0.1) is 0 Å². The molecule has 0 saturated heterocycles. The number of hydrogen-bond donors (Lipinski definition) is 2. The van der Waals surface area contributed by atoms with Crippen molar-refractivity contribution in [1.29, 1.82) is 0 Å². The van der Waals surface area contributed by atoms with Crippen LogP contribution in [-0.2, 0) is 6.54 Å². The summed E-state index contributed by atoms with van der Waals surface area (Å²) in [7, 11) is 0. The highest BCUT2D eigenvalue weighted by atomic mass is 79.9. The van der Waals surface area contributed by atoms with Crippen molar-refractivity contribution >= 4 is 15.9 Å². The van der Waals surface area contributed by atoms with Crippen molar-refractivity contribution in [1.82, 2.24) is 5.32 Å². The van der Waals surface area contributed by atoms with E-state index in [1.165, 1.54) is 6.07 Å². The maximum absolute atomic E-state index is 13.3. The van der Waals surface area contributed by atoms with Crippen molar-refractivity contribution in [3.8, 4) is 0 Å². The van der Waals surface area contributed by atoms with Crippen LogP contribution in [0.1, 0.15) is 25.8 Å². The predicted molar refractivity (Wildman–Crippen MR) is 71.3 cm³/mol. The third kappa shape index (κ3) is 5.15. The highest BCUT2D eigenvalue weighted by Crippen LogP contribution is 2.19. The van der Waals surface area contributed by atoms with Crippen LogP contribution in [0.4, 0.5) is 4.39 Å². The van der Waals surface area contributed by atoms with Crippen LogP contribution in [0, 0.1) is 11.2 Å². The van der Waals surface area contributed by atoms with Gasteiger partial charge in [-0.3, -0.25) is 0 Å². The summed E-state index contributed by atoms with van der Waals surface area (Å²) in [5.74, 6) is -0.237. The van der Waals surface area contributed by atoms with Gasteiger partial charge in [0.1, 0.15) is 5.82 Å². The van der Waals surface area contributed by atoms with Crippen LogP contribution in [-0.4, -0.2) is 18.3 Å². The minimum Gasteiger partial charge on any atom is -0.396 e. The maximum atomic E-state index is 13.3. The van der Waals surface area contributed by atoms with E-state index in [0.717, 1.165) is 18.5 Å². The summed E-state index contributed by atoms with van der Waals surface area (Å²) in [6.07, 6.45) is 0.759. The molecule has 0 aliphatic rings. The number of aliphatic hydroxyl groups is 1. The van der Waals surface area contributed by atoms with Crippen molar-refractivity contribution in [2.24, 2.45) is 5.41 Å². The third-order valence-corrected chi connectivity index (χ3v) is 3.35. The summed E-state index contributed by atoms with van der Waals surface area (Å²) in [5.41, 5.74) is 0.980. The molecule has 0 atom stereocenters. The van der Waals surface area contributed by atoms with Gasteiger partial charge in [-0.25, -0.2) is 4.39 Å². The third-order valence-electron chi connectivity index (χ3n) is 2.71. The zero-order valence-corrected chi connectivity index (χ0v) is 11.8. The molecule has 0 aliphatic heterocycles. The lowest BCUT2D eigenvalue weighted by atomic mass is 9.90. The molecule has 2 nitrogen and oxygen atoms in total. The molecular formula is C13H19BrFNO. The Hall–Kier alpha value is -0.450. The van der Waals surface area contributed by atoms with Gasteiger partial charge in [0.25, 0.3) is 0 Å². The molecule has 1 rings (SSSR count). The Kier molecular flexibility index (Phi) is 5.56. The molecule has 0 heterocycles. The smallest absolute Gasteiger partial charge is 0.137 e. The Morgan fingerprint density at radius 2 is 2.12 bits per heavy atom. The lowest BCUT2D eigenvalue weighted by molar-refractivity contribution is 0.207. The summed E-state index contributed by atoms with van der Waals surface area (Å²) in [6.45, 7) is 5.82. The van der Waals surface area contributed by atoms with Crippen LogP contribution in [0.25, 0.3) is 0 Å². The molecule has 4 heteroatoms. The number of aliphatic hydroxyl groups excluding tert-OH is 1. The molecular weight excluding hydrogens is 285 g/mol. The second-order valence-corrected chi connectivity index (χ2v) is 5.84. The number of halogens is 2. The van der Waals surface area contributed by atoms with E-state index in [1.807, 2.05) is 6.07 Å². The van der Waals surface area contributed by atoms with Crippen LogP contribution in [0.3, 0.4) is 0 Å². The fraction of sp³-hybridized carbons (Fsp3) is 0.538. The van der Waals surface area contributed by atoms with Crippen LogP contribution in [0.2, 0.25) is 0 Å². The molecule has 0 radical (unpaired) electrons. The quantitative estimate of drug-likeness (QED) is 0.846. The summed E-state index contributed by atoms with van der Waals surface area (Å²) in [6, 6.07) is 5.13. The van der Waals surface area contributed by atoms with Crippen LogP contribution >= 0.6 is 15.9 Å². The highest BCUT2D eigenvalue weighted by molar-refractivity contribution is 9.10. The first-order valence-corrected chi connectivity index (χ1v) is 6.49. The van der Waals surface area contributed by atoms with Crippen LogP contribution in [0.5, 0.6) is 0 Å². The van der Waals surface area contributed by atoms with Gasteiger partial charge in [-0.2, -0.15) is 0 Å². The van der Waals surface area contributed by atoms with Gasteiger partial charge in [-0.05, 0) is 45.5 Å². The molecule has 1 aromatic rings. The van der Waals surface area contributed by atoms with Crippen molar-refractivity contribution in [2.75, 3.05) is 13.2 Å². The molecule has 2 N–H and O–H groups in total. The molecule has 0 fully saturated rings. The Labute approximate surface area is 110 Å². The van der Waals surface area contributed by atoms with Gasteiger partial charge in [0.05, 0.1) is 4.47 Å². The molecule has 0 unspecified atom stereocenters. The van der Waals surface area contributed by atoms with E-state index in [9.17, 15) is 4.39 Å². The highest BCUT2D eigenvalue weighted by Gasteiger charge is 2.16. The minimum absolute atomic E-state index is 0.0582. The van der Waals surface area contributed by atoms with E-state index in [-0.39, 0.29) is 17.8 Å². The summed E-state index contributed by atoms with van der Waals surface area (Å²) in [4.78, 5) is 0. The topological polar surface area (TPSA) is 32.3 Å². The predicted octanol–water partition coefficient (Wildman–Crippen LogP) is 3.09. The van der Waals surface area contributed by atoms with E-state index in [1.54, 1.807) is 6.07 Å². The van der Waals surface area contributed by atoms with Gasteiger partial charge in [-0.1, -0.05) is 19.9 Å². The molecule has 17 heavy (non-hydrogen) atoms. The van der Waals surface area contributed by atoms with Crippen LogP contribution < -0.4 is 5.32 Å². The first-order chi connectivity index (χ1) is 7.94. The van der Waals surface area contributed by atoms with Gasteiger partial charge >= 0.3 is 0 Å². The summed E-state index contributed by atoms with van der Waals surface area (Å²) >= 11 is 3.13. The van der Waals surface area contributed by atoms with E-state index in [4.69, 9.17) is 5.11 Å². The molecule has 96 valence electrons. The van der Waals surface area contributed by atoms with E-state index in [0.29, 0.717) is 11.0 Å². The molecule has 0 aliphatic carbocycles. The monoisotopic (exact) mass is 303 g/mol. The Bertz CT molecular complexity index is 368. The normalized spacial score (nSPS) is 11.8. The van der Waals surface area contributed by atoms with Crippen molar-refractivity contribution in [3.63, 3.8) is 0 Å². The lowest BCUT2D eigenvalue weighted by Crippen LogP contribution is -2.29. The number of benzene rings is 1. The molecule has 0 aromatic heterocycles. The summed E-state index contributed by atoms with van der Waals surface area (Å²) < 4.78 is 13.7. The minimum atomic E-state index is -0.237. The fourth-order valence-electron chi connectivity index (χ4n) is 1.59. The average Bonchev–Trinajstić information content (AvgIpc) is 2.23. The van der Waals surface area contributed by atoms with Crippen molar-refractivity contribution in [3.05, 3.63) is 34.1 Å². The maximum Gasteiger partial charge on any atom is 0.137 e. The molecule has 0 spiro atoms. The lowest BCUT2D eigenvalue weighted by Gasteiger charge is -2.24. The molecule has 0 amide bonds. The fourth-order valence-corrected chi connectivity index (χ4v) is 1.83. The standard InChI is InChI=1S/C13H19BrFNO/c1-13(2,5-6-17)9-16-8-10-3-4-11(14)12(15)7-10/h3-4,7,16-17H,5-6,8-9H2,1-2H3. The second kappa shape index (κ2) is 6.47. The summed E-state index contributed by atoms with van der Waals surface area (Å²) in [5, 5.41) is 12.2. The average molecular weight is 304 g/mol. The van der Waals surface area contributed by atoms with Gasteiger partial charge in [0, 0.05) is 19.7 Å². The Morgan fingerprint density at radius 1 is 1.41 bits per heavy atom. The Morgan fingerprint density at radius 3 is 2.71 bits per heavy atom. The van der Waals surface area contributed by atoms with Crippen molar-refractivity contribution in [2.45, 2.75) is 26.8 Å². The molecule has 0 bridgehead atoms. The van der Waals surface area contributed by atoms with Crippen LogP contribution in [0.15, 0.2) is 22.7 Å². The number of nitrogens with one attached hydrogen (secondary N) is 1. The number of hydrogen-bond acceptors (Lipinski definition) is 2. The van der Waals surface area contributed by atoms with Gasteiger partial charge in [0.2, 0.25) is 0 Å². The van der Waals surface area contributed by atoms with E-state index >= 15 is 0 Å². The molecule has 1 aromatic carbocycles. The Balaban J connectivity index is 2.43. The zero-order chi connectivity index (χ0) is 12.9. The van der Waals surface area contributed by atoms with E-state index in [2.05, 4.69) is 35.1 Å². The van der Waals surface area contributed by atoms with Crippen molar-refractivity contribution < 1.29 is 9.50 Å². The SMILES string of the molecule is CC(C)(CCO)CNCc1ccc(Br)c(F)c1. The zero-order valence-electron chi connectivity index (χ0n) is 10.3. The largest absolute Gasteiger partial charge is 0.396 e. The number of rotatable bonds is 6. The second-order valence-electron chi connectivity index (χ2n) is 4.99. The van der Waals surface area contributed by atoms with E-state index < -0.39 is 0 Å². The van der Waals surface area contributed by atoms with Gasteiger partial charge < -0.3 is 10.4 Å². The first kappa shape index (κ1) is 14.6.